The van der Waals surface area contributed by atoms with Crippen LogP contribution in [0.25, 0.3) is 11.0 Å². The summed E-state index contributed by atoms with van der Waals surface area (Å²) in [4.78, 5) is 27.6. The van der Waals surface area contributed by atoms with Crippen molar-refractivity contribution in [3.05, 3.63) is 58.3 Å². The molecule has 3 aromatic rings. The first-order valence-electron chi connectivity index (χ1n) is 8.39. The Morgan fingerprint density at radius 1 is 1.21 bits per heavy atom. The molecule has 152 valence electrons. The van der Waals surface area contributed by atoms with Crippen molar-refractivity contribution in [3.63, 3.8) is 0 Å². The first-order chi connectivity index (χ1) is 13.6. The highest BCUT2D eigenvalue weighted by Crippen LogP contribution is 2.31. The van der Waals surface area contributed by atoms with Crippen molar-refractivity contribution in [1.82, 2.24) is 9.55 Å². The van der Waals surface area contributed by atoms with E-state index in [9.17, 15) is 22.8 Å². The summed E-state index contributed by atoms with van der Waals surface area (Å²) in [5.74, 6) is -2.79. The lowest BCUT2D eigenvalue weighted by molar-refractivity contribution is -0.152. The van der Waals surface area contributed by atoms with Gasteiger partial charge in [0.2, 0.25) is 5.82 Å². The number of nitrogens with zero attached hydrogens (tertiary/aromatic N) is 2. The molecule has 0 unspecified atom stereocenters. The molecule has 2 aromatic carbocycles. The number of rotatable bonds is 5. The molecular formula is C19H15BrF3N3O3. The molecule has 1 amide bonds. The molecule has 3 rings (SSSR count). The Labute approximate surface area is 171 Å². The van der Waals surface area contributed by atoms with E-state index in [4.69, 9.17) is 4.74 Å². The summed E-state index contributed by atoms with van der Waals surface area (Å²) in [7, 11) is 0. The van der Waals surface area contributed by atoms with Gasteiger partial charge < -0.3 is 14.6 Å². The quantitative estimate of drug-likeness (QED) is 0.565. The molecule has 1 N–H and O–H groups in total. The van der Waals surface area contributed by atoms with Crippen LogP contribution < -0.4 is 5.32 Å². The van der Waals surface area contributed by atoms with Gasteiger partial charge in [0.05, 0.1) is 11.0 Å². The number of nitrogens with one attached hydrogen (secondary N) is 1. The van der Waals surface area contributed by atoms with Crippen LogP contribution >= 0.6 is 15.9 Å². The Morgan fingerprint density at radius 2 is 1.93 bits per heavy atom. The van der Waals surface area contributed by atoms with Gasteiger partial charge in [-0.05, 0) is 42.8 Å². The molecule has 1 aromatic heterocycles. The number of alkyl halides is 3. The number of imidazole rings is 1. The van der Waals surface area contributed by atoms with Crippen LogP contribution in [0.4, 0.5) is 18.9 Å². The first kappa shape index (κ1) is 20.8. The van der Waals surface area contributed by atoms with Gasteiger partial charge in [-0.3, -0.25) is 9.59 Å². The summed E-state index contributed by atoms with van der Waals surface area (Å²) in [5, 5.41) is 2.55. The fourth-order valence-corrected chi connectivity index (χ4v) is 2.94. The highest BCUT2D eigenvalue weighted by Gasteiger charge is 2.38. The number of halogens is 4. The molecule has 29 heavy (non-hydrogen) atoms. The molecular weight excluding hydrogens is 455 g/mol. The van der Waals surface area contributed by atoms with Crippen LogP contribution in [0, 0.1) is 6.92 Å². The lowest BCUT2D eigenvalue weighted by Gasteiger charge is -2.11. The molecule has 0 saturated heterocycles. The van der Waals surface area contributed by atoms with Crippen molar-refractivity contribution in [2.45, 2.75) is 19.6 Å². The van der Waals surface area contributed by atoms with Crippen molar-refractivity contribution in [3.8, 4) is 0 Å². The zero-order chi connectivity index (χ0) is 21.2. The number of fused-ring (bicyclic) bond motifs is 1. The van der Waals surface area contributed by atoms with Crippen molar-refractivity contribution in [2.24, 2.45) is 0 Å². The highest BCUT2D eigenvalue weighted by molar-refractivity contribution is 9.10. The molecule has 6 nitrogen and oxygen atoms in total. The number of hydrogen-bond acceptors (Lipinski definition) is 4. The highest BCUT2D eigenvalue weighted by atomic mass is 79.9. The van der Waals surface area contributed by atoms with E-state index >= 15 is 0 Å². The monoisotopic (exact) mass is 469 g/mol. The smallest absolute Gasteiger partial charge is 0.449 e. The van der Waals surface area contributed by atoms with E-state index in [1.54, 1.807) is 30.3 Å². The van der Waals surface area contributed by atoms with E-state index in [2.05, 4.69) is 26.2 Å². The summed E-state index contributed by atoms with van der Waals surface area (Å²) >= 11 is 3.34. The molecule has 0 bridgehead atoms. The summed E-state index contributed by atoms with van der Waals surface area (Å²) < 4.78 is 46.2. The van der Waals surface area contributed by atoms with Gasteiger partial charge in [-0.1, -0.05) is 28.1 Å². The van der Waals surface area contributed by atoms with Crippen LogP contribution in [0.5, 0.6) is 0 Å². The van der Waals surface area contributed by atoms with E-state index in [1.165, 1.54) is 12.1 Å². The number of carbonyl (C=O) groups is 2. The second-order valence-electron chi connectivity index (χ2n) is 6.18. The molecule has 0 atom stereocenters. The summed E-state index contributed by atoms with van der Waals surface area (Å²) in [6.07, 6.45) is -4.74. The Morgan fingerprint density at radius 3 is 2.62 bits per heavy atom. The Kier molecular flexibility index (Phi) is 5.92. The fraction of sp³-hybridized carbons (Fsp3) is 0.211. The number of esters is 1. The first-order valence-corrected chi connectivity index (χ1v) is 9.18. The maximum Gasteiger partial charge on any atom is 0.449 e. The average Bonchev–Trinajstić information content (AvgIpc) is 3.02. The third-order valence-electron chi connectivity index (χ3n) is 4.00. The van der Waals surface area contributed by atoms with Gasteiger partial charge in [-0.15, -0.1) is 0 Å². The molecule has 1 heterocycles. The van der Waals surface area contributed by atoms with Crippen molar-refractivity contribution < 1.29 is 27.5 Å². The maximum absolute atomic E-state index is 13.3. The second kappa shape index (κ2) is 8.24. The number of aryl methyl sites for hydroxylation is 1. The molecule has 0 radical (unpaired) electrons. The van der Waals surface area contributed by atoms with Gasteiger partial charge in [0.1, 0.15) is 6.54 Å². The summed E-state index contributed by atoms with van der Waals surface area (Å²) in [5.41, 5.74) is 1.65. The van der Waals surface area contributed by atoms with Crippen LogP contribution in [0.15, 0.2) is 46.9 Å². The maximum atomic E-state index is 13.3. The molecule has 10 heteroatoms. The molecule has 0 aliphatic carbocycles. The number of benzene rings is 2. The Bertz CT molecular complexity index is 1080. The minimum atomic E-state index is -4.74. The van der Waals surface area contributed by atoms with E-state index in [0.29, 0.717) is 5.69 Å². The van der Waals surface area contributed by atoms with Gasteiger partial charge in [0.15, 0.2) is 6.61 Å². The molecule has 0 spiro atoms. The third-order valence-corrected chi connectivity index (χ3v) is 4.89. The number of hydrogen-bond donors (Lipinski definition) is 1. The minimum Gasteiger partial charge on any atom is -0.454 e. The normalized spacial score (nSPS) is 11.5. The topological polar surface area (TPSA) is 73.2 Å². The number of ether oxygens (including phenoxy) is 1. The van der Waals surface area contributed by atoms with Crippen LogP contribution in [0.2, 0.25) is 0 Å². The third kappa shape index (κ3) is 4.94. The number of anilines is 1. The zero-order valence-electron chi connectivity index (χ0n) is 15.1. The van der Waals surface area contributed by atoms with E-state index in [1.807, 2.05) is 6.92 Å². The predicted octanol–water partition coefficient (Wildman–Crippen LogP) is 4.31. The van der Waals surface area contributed by atoms with Crippen LogP contribution in [-0.4, -0.2) is 28.0 Å². The number of carbonyl (C=O) groups excluding carboxylic acids is 2. The van der Waals surface area contributed by atoms with Crippen LogP contribution in [0.1, 0.15) is 11.4 Å². The van der Waals surface area contributed by atoms with Crippen molar-refractivity contribution in [1.29, 1.82) is 0 Å². The molecule has 0 fully saturated rings. The lowest BCUT2D eigenvalue weighted by Crippen LogP contribution is -2.24. The van der Waals surface area contributed by atoms with Crippen LogP contribution in [0.3, 0.4) is 0 Å². The van der Waals surface area contributed by atoms with E-state index in [0.717, 1.165) is 14.6 Å². The SMILES string of the molecule is Cc1cc(NC(=O)COC(=O)Cn2c(C(F)(F)F)nc3ccccc32)ccc1Br. The fourth-order valence-electron chi connectivity index (χ4n) is 2.69. The second-order valence-corrected chi connectivity index (χ2v) is 7.04. The summed E-state index contributed by atoms with van der Waals surface area (Å²) in [6, 6.07) is 11.1. The summed E-state index contributed by atoms with van der Waals surface area (Å²) in [6.45, 7) is 0.495. The molecule has 0 aliphatic rings. The number of para-hydroxylation sites is 2. The zero-order valence-corrected chi connectivity index (χ0v) is 16.7. The van der Waals surface area contributed by atoms with Crippen molar-refractivity contribution in [2.75, 3.05) is 11.9 Å². The average molecular weight is 470 g/mol. The lowest BCUT2D eigenvalue weighted by atomic mass is 10.2. The van der Waals surface area contributed by atoms with Gasteiger partial charge in [0.25, 0.3) is 5.91 Å². The number of amides is 1. The minimum absolute atomic E-state index is 0.107. The van der Waals surface area contributed by atoms with Gasteiger partial charge >= 0.3 is 12.1 Å². The number of aromatic nitrogens is 2. The molecule has 0 aliphatic heterocycles. The van der Waals surface area contributed by atoms with E-state index in [-0.39, 0.29) is 11.0 Å². The van der Waals surface area contributed by atoms with Gasteiger partial charge in [0, 0.05) is 10.2 Å². The predicted molar refractivity (Wildman–Crippen MR) is 103 cm³/mol. The largest absolute Gasteiger partial charge is 0.454 e. The molecule has 0 saturated carbocycles. The van der Waals surface area contributed by atoms with Crippen molar-refractivity contribution >= 4 is 44.5 Å². The van der Waals surface area contributed by atoms with E-state index < -0.39 is 37.0 Å². The Hall–Kier alpha value is -2.88. The Balaban J connectivity index is 1.66. The van der Waals surface area contributed by atoms with Gasteiger partial charge in [-0.2, -0.15) is 13.2 Å². The van der Waals surface area contributed by atoms with Gasteiger partial charge in [-0.25, -0.2) is 4.98 Å². The van der Waals surface area contributed by atoms with Crippen LogP contribution in [-0.2, 0) is 27.0 Å². The standard InChI is InChI=1S/C19H15BrF3N3O3/c1-11-8-12(6-7-13(11)20)24-16(27)10-29-17(28)9-26-15-5-3-2-4-14(15)25-18(26)19(21,22)23/h2-8H,9-10H2,1H3,(H,24,27).